The predicted octanol–water partition coefficient (Wildman–Crippen LogP) is 3.33. The molecule has 0 radical (unpaired) electrons. The lowest BCUT2D eigenvalue weighted by molar-refractivity contribution is 0.588. The van der Waals surface area contributed by atoms with Gasteiger partial charge in [0.2, 0.25) is 5.88 Å². The minimum atomic E-state index is 0.182. The summed E-state index contributed by atoms with van der Waals surface area (Å²) in [6.45, 7) is 6.11. The summed E-state index contributed by atoms with van der Waals surface area (Å²) in [7, 11) is 0. The Hall–Kier alpha value is -2.21. The molecule has 0 saturated heterocycles. The number of benzene rings is 1. The van der Waals surface area contributed by atoms with Crippen LogP contribution in [0.1, 0.15) is 22.3 Å². The van der Waals surface area contributed by atoms with Crippen LogP contribution < -0.4 is 5.73 Å². The van der Waals surface area contributed by atoms with E-state index in [-0.39, 0.29) is 5.88 Å². The van der Waals surface area contributed by atoms with Crippen LogP contribution in [0, 0.1) is 32.1 Å². The summed E-state index contributed by atoms with van der Waals surface area (Å²) < 4.78 is 5.14. The highest BCUT2D eigenvalue weighted by Crippen LogP contribution is 2.34. The smallest absolute Gasteiger partial charge is 0.208 e. The first kappa shape index (κ1) is 11.3. The van der Waals surface area contributed by atoms with Crippen molar-refractivity contribution < 1.29 is 4.42 Å². The third-order valence-electron chi connectivity index (χ3n) is 2.88. The van der Waals surface area contributed by atoms with E-state index in [9.17, 15) is 0 Å². The Morgan fingerprint density at radius 1 is 1.18 bits per heavy atom. The lowest BCUT2D eigenvalue weighted by Gasteiger charge is -2.09. The van der Waals surface area contributed by atoms with Gasteiger partial charge < -0.3 is 10.2 Å². The molecule has 0 aliphatic carbocycles. The zero-order valence-electron chi connectivity index (χ0n) is 10.2. The van der Waals surface area contributed by atoms with Crippen molar-refractivity contribution in [3.63, 3.8) is 0 Å². The normalized spacial score (nSPS) is 10.2. The molecule has 0 spiro atoms. The molecular formula is C14H14N2O. The van der Waals surface area contributed by atoms with Crippen molar-refractivity contribution in [2.75, 3.05) is 5.73 Å². The SMILES string of the molecule is Cc1cc(C)c(-c2coc(N)c2C#N)c(C)c1. The molecular weight excluding hydrogens is 212 g/mol. The van der Waals surface area contributed by atoms with Gasteiger partial charge in [-0.1, -0.05) is 17.7 Å². The molecule has 0 bridgehead atoms. The second-order valence-electron chi connectivity index (χ2n) is 4.27. The van der Waals surface area contributed by atoms with Gasteiger partial charge in [-0.25, -0.2) is 0 Å². The van der Waals surface area contributed by atoms with E-state index in [1.54, 1.807) is 6.26 Å². The van der Waals surface area contributed by atoms with Crippen molar-refractivity contribution in [2.24, 2.45) is 0 Å². The van der Waals surface area contributed by atoms with Crippen LogP contribution in [0.2, 0.25) is 0 Å². The summed E-state index contributed by atoms with van der Waals surface area (Å²) in [4.78, 5) is 0. The lowest BCUT2D eigenvalue weighted by Crippen LogP contribution is -1.92. The minimum absolute atomic E-state index is 0.182. The fraction of sp³-hybridized carbons (Fsp3) is 0.214. The van der Waals surface area contributed by atoms with E-state index in [0.29, 0.717) is 5.56 Å². The Kier molecular flexibility index (Phi) is 2.64. The van der Waals surface area contributed by atoms with E-state index in [1.807, 2.05) is 13.8 Å². The molecule has 0 atom stereocenters. The third kappa shape index (κ3) is 1.78. The first-order valence-electron chi connectivity index (χ1n) is 5.40. The van der Waals surface area contributed by atoms with Gasteiger partial charge in [0.05, 0.1) is 0 Å². The number of nitriles is 1. The van der Waals surface area contributed by atoms with Crippen molar-refractivity contribution in [1.82, 2.24) is 0 Å². The Bertz CT molecular complexity index is 595. The molecule has 3 heteroatoms. The molecule has 1 heterocycles. The molecule has 0 unspecified atom stereocenters. The monoisotopic (exact) mass is 226 g/mol. The molecule has 0 aliphatic rings. The van der Waals surface area contributed by atoms with Crippen molar-refractivity contribution in [3.05, 3.63) is 40.6 Å². The Morgan fingerprint density at radius 2 is 1.76 bits per heavy atom. The third-order valence-corrected chi connectivity index (χ3v) is 2.88. The van der Waals surface area contributed by atoms with E-state index >= 15 is 0 Å². The summed E-state index contributed by atoms with van der Waals surface area (Å²) in [5, 5.41) is 9.10. The molecule has 2 aromatic rings. The van der Waals surface area contributed by atoms with Gasteiger partial charge in [-0.2, -0.15) is 5.26 Å². The summed E-state index contributed by atoms with van der Waals surface area (Å²) in [6.07, 6.45) is 1.55. The van der Waals surface area contributed by atoms with Crippen molar-refractivity contribution in [2.45, 2.75) is 20.8 Å². The van der Waals surface area contributed by atoms with Gasteiger partial charge in [-0.05, 0) is 37.5 Å². The molecule has 2 N–H and O–H groups in total. The van der Waals surface area contributed by atoms with Gasteiger partial charge in [-0.15, -0.1) is 0 Å². The van der Waals surface area contributed by atoms with Crippen LogP contribution in [-0.4, -0.2) is 0 Å². The van der Waals surface area contributed by atoms with Crippen molar-refractivity contribution in [1.29, 1.82) is 5.26 Å². The Labute approximate surface area is 100 Å². The van der Waals surface area contributed by atoms with E-state index in [4.69, 9.17) is 15.4 Å². The van der Waals surface area contributed by atoms with Crippen LogP contribution in [-0.2, 0) is 0 Å². The topological polar surface area (TPSA) is 62.9 Å². The molecule has 0 amide bonds. The molecule has 2 rings (SSSR count). The van der Waals surface area contributed by atoms with E-state index in [1.165, 1.54) is 5.56 Å². The zero-order chi connectivity index (χ0) is 12.6. The molecule has 1 aromatic carbocycles. The zero-order valence-corrected chi connectivity index (χ0v) is 10.2. The predicted molar refractivity (Wildman–Crippen MR) is 67.5 cm³/mol. The molecule has 1 aromatic heterocycles. The average Bonchev–Trinajstić information content (AvgIpc) is 2.58. The van der Waals surface area contributed by atoms with E-state index < -0.39 is 0 Å². The maximum Gasteiger partial charge on any atom is 0.208 e. The fourth-order valence-corrected chi connectivity index (χ4v) is 2.28. The number of nitrogens with two attached hydrogens (primary N) is 1. The maximum absolute atomic E-state index is 9.10. The van der Waals surface area contributed by atoms with Crippen LogP contribution in [0.25, 0.3) is 11.1 Å². The number of hydrogen-bond donors (Lipinski definition) is 1. The summed E-state index contributed by atoms with van der Waals surface area (Å²) in [5.74, 6) is 0.182. The van der Waals surface area contributed by atoms with Crippen LogP contribution >= 0.6 is 0 Å². The number of nitrogen functional groups attached to an aromatic ring is 1. The highest BCUT2D eigenvalue weighted by Gasteiger charge is 2.16. The largest absolute Gasteiger partial charge is 0.447 e. The van der Waals surface area contributed by atoms with Gasteiger partial charge in [-0.3, -0.25) is 0 Å². The standard InChI is InChI=1S/C14H14N2O/c1-8-4-9(2)13(10(3)5-8)12-7-17-14(16)11(12)6-15/h4-5,7H,16H2,1-3H3. The van der Waals surface area contributed by atoms with Gasteiger partial charge in [0.15, 0.2) is 0 Å². The molecule has 86 valence electrons. The molecule has 0 aliphatic heterocycles. The Balaban J connectivity index is 2.74. The van der Waals surface area contributed by atoms with E-state index in [0.717, 1.165) is 22.3 Å². The number of aryl methyl sites for hydroxylation is 3. The molecule has 3 nitrogen and oxygen atoms in total. The van der Waals surface area contributed by atoms with Gasteiger partial charge in [0.25, 0.3) is 0 Å². The first-order chi connectivity index (χ1) is 8.04. The van der Waals surface area contributed by atoms with Gasteiger partial charge in [0, 0.05) is 5.56 Å². The van der Waals surface area contributed by atoms with Crippen LogP contribution in [0.15, 0.2) is 22.8 Å². The number of rotatable bonds is 1. The van der Waals surface area contributed by atoms with Crippen molar-refractivity contribution >= 4 is 5.88 Å². The number of hydrogen-bond acceptors (Lipinski definition) is 3. The summed E-state index contributed by atoms with van der Waals surface area (Å²) >= 11 is 0. The van der Waals surface area contributed by atoms with Crippen LogP contribution in [0.4, 0.5) is 5.88 Å². The lowest BCUT2D eigenvalue weighted by atomic mass is 9.93. The van der Waals surface area contributed by atoms with Crippen LogP contribution in [0.3, 0.4) is 0 Å². The summed E-state index contributed by atoms with van der Waals surface area (Å²) in [6, 6.07) is 6.27. The molecule has 0 saturated carbocycles. The highest BCUT2D eigenvalue weighted by molar-refractivity contribution is 5.79. The first-order valence-corrected chi connectivity index (χ1v) is 5.40. The highest BCUT2D eigenvalue weighted by atomic mass is 16.3. The van der Waals surface area contributed by atoms with Crippen LogP contribution in [0.5, 0.6) is 0 Å². The summed E-state index contributed by atoms with van der Waals surface area (Å²) in [5.41, 5.74) is 11.3. The average molecular weight is 226 g/mol. The second-order valence-corrected chi connectivity index (χ2v) is 4.27. The Morgan fingerprint density at radius 3 is 2.29 bits per heavy atom. The number of anilines is 1. The molecule has 0 fully saturated rings. The second kappa shape index (κ2) is 3.99. The molecule has 17 heavy (non-hydrogen) atoms. The van der Waals surface area contributed by atoms with E-state index in [2.05, 4.69) is 25.1 Å². The van der Waals surface area contributed by atoms with Gasteiger partial charge >= 0.3 is 0 Å². The maximum atomic E-state index is 9.10. The van der Waals surface area contributed by atoms with Gasteiger partial charge in [0.1, 0.15) is 17.9 Å². The number of furan rings is 1. The minimum Gasteiger partial charge on any atom is -0.447 e. The quantitative estimate of drug-likeness (QED) is 0.811. The van der Waals surface area contributed by atoms with Crippen molar-refractivity contribution in [3.8, 4) is 17.2 Å². The fourth-order valence-electron chi connectivity index (χ4n) is 2.28. The number of nitrogens with zero attached hydrogens (tertiary/aromatic N) is 1.